The lowest BCUT2D eigenvalue weighted by Gasteiger charge is -2.19. The summed E-state index contributed by atoms with van der Waals surface area (Å²) in [4.78, 5) is 18.0. The first-order valence-electron chi connectivity index (χ1n) is 6.35. The molecular formula is C10H14N8O2S. The Morgan fingerprint density at radius 3 is 2.67 bits per heavy atom. The van der Waals surface area contributed by atoms with Crippen molar-refractivity contribution in [2.75, 3.05) is 35.2 Å². The van der Waals surface area contributed by atoms with Crippen LogP contribution in [-0.4, -0.2) is 62.7 Å². The second-order valence-electron chi connectivity index (χ2n) is 4.63. The maximum Gasteiger partial charge on any atom is 0.258 e. The molecule has 3 heterocycles. The van der Waals surface area contributed by atoms with Crippen LogP contribution < -0.4 is 10.6 Å². The number of nitrogens with two attached hydrogens (primary N) is 1. The van der Waals surface area contributed by atoms with Gasteiger partial charge in [0.15, 0.2) is 9.84 Å². The number of hydrogen-bond donors (Lipinski definition) is 1. The van der Waals surface area contributed by atoms with E-state index >= 15 is 0 Å². The smallest absolute Gasteiger partial charge is 0.258 e. The number of sulfone groups is 1. The van der Waals surface area contributed by atoms with E-state index in [1.54, 1.807) is 4.90 Å². The van der Waals surface area contributed by atoms with Gasteiger partial charge < -0.3 is 10.6 Å². The minimum Gasteiger partial charge on any atom is -0.368 e. The van der Waals surface area contributed by atoms with E-state index in [-0.39, 0.29) is 23.4 Å². The third-order valence-corrected chi connectivity index (χ3v) is 4.81. The summed E-state index contributed by atoms with van der Waals surface area (Å²) in [7, 11) is -3.00. The Kier molecular flexibility index (Phi) is 3.41. The molecule has 0 aliphatic carbocycles. The second-order valence-corrected chi connectivity index (χ2v) is 6.93. The van der Waals surface area contributed by atoms with Gasteiger partial charge in [-0.05, 0) is 6.42 Å². The highest BCUT2D eigenvalue weighted by molar-refractivity contribution is 7.91. The first kappa shape index (κ1) is 13.7. The molecule has 2 aromatic heterocycles. The first-order chi connectivity index (χ1) is 10.0. The lowest BCUT2D eigenvalue weighted by molar-refractivity contribution is 0.597. The molecule has 21 heavy (non-hydrogen) atoms. The van der Waals surface area contributed by atoms with Crippen molar-refractivity contribution in [1.82, 2.24) is 29.7 Å². The number of nitrogen functional groups attached to an aromatic ring is 1. The van der Waals surface area contributed by atoms with Crippen molar-refractivity contribution >= 4 is 21.7 Å². The van der Waals surface area contributed by atoms with Gasteiger partial charge in [-0.15, -0.1) is 0 Å². The molecule has 0 bridgehead atoms. The van der Waals surface area contributed by atoms with Crippen LogP contribution in [0.15, 0.2) is 12.7 Å². The van der Waals surface area contributed by atoms with Crippen LogP contribution in [0.25, 0.3) is 5.95 Å². The van der Waals surface area contributed by atoms with E-state index in [1.165, 1.54) is 17.3 Å². The number of hydrogen-bond acceptors (Lipinski definition) is 9. The van der Waals surface area contributed by atoms with Crippen molar-refractivity contribution in [2.45, 2.75) is 6.42 Å². The molecule has 11 heteroatoms. The highest BCUT2D eigenvalue weighted by Crippen LogP contribution is 2.14. The SMILES string of the molecule is Nc1nc(N2CCCS(=O)(=O)CC2)nc(-n2cncn2)n1. The molecule has 0 radical (unpaired) electrons. The highest BCUT2D eigenvalue weighted by atomic mass is 32.2. The summed E-state index contributed by atoms with van der Waals surface area (Å²) >= 11 is 0. The second kappa shape index (κ2) is 5.24. The van der Waals surface area contributed by atoms with Gasteiger partial charge >= 0.3 is 0 Å². The average molecular weight is 310 g/mol. The summed E-state index contributed by atoms with van der Waals surface area (Å²) < 4.78 is 24.7. The number of rotatable bonds is 2. The number of anilines is 2. The quantitative estimate of drug-likeness (QED) is 0.715. The summed E-state index contributed by atoms with van der Waals surface area (Å²) in [5.74, 6) is 0.918. The van der Waals surface area contributed by atoms with E-state index in [0.29, 0.717) is 25.5 Å². The van der Waals surface area contributed by atoms with Crippen molar-refractivity contribution < 1.29 is 8.42 Å². The van der Waals surface area contributed by atoms with Gasteiger partial charge in [0.1, 0.15) is 12.7 Å². The summed E-state index contributed by atoms with van der Waals surface area (Å²) in [6, 6.07) is 0. The fraction of sp³-hybridized carbons (Fsp3) is 0.500. The van der Waals surface area contributed by atoms with Crippen molar-refractivity contribution in [3.63, 3.8) is 0 Å². The molecule has 0 saturated carbocycles. The Morgan fingerprint density at radius 1 is 1.10 bits per heavy atom. The molecule has 3 rings (SSSR count). The van der Waals surface area contributed by atoms with Crippen LogP contribution in [0.5, 0.6) is 0 Å². The molecule has 0 spiro atoms. The van der Waals surface area contributed by atoms with Crippen molar-refractivity contribution in [1.29, 1.82) is 0 Å². The van der Waals surface area contributed by atoms with Gasteiger partial charge in [-0.3, -0.25) is 0 Å². The maximum absolute atomic E-state index is 11.6. The maximum atomic E-state index is 11.6. The summed E-state index contributed by atoms with van der Waals surface area (Å²) in [5.41, 5.74) is 5.70. The first-order valence-corrected chi connectivity index (χ1v) is 8.17. The topological polar surface area (TPSA) is 133 Å². The minimum absolute atomic E-state index is 0.0533. The van der Waals surface area contributed by atoms with Crippen LogP contribution in [0.2, 0.25) is 0 Å². The molecule has 0 atom stereocenters. The van der Waals surface area contributed by atoms with E-state index in [9.17, 15) is 8.42 Å². The predicted molar refractivity (Wildman–Crippen MR) is 74.6 cm³/mol. The van der Waals surface area contributed by atoms with Gasteiger partial charge in [-0.25, -0.2) is 13.4 Å². The summed E-state index contributed by atoms with van der Waals surface area (Å²) in [5, 5.41) is 3.94. The normalized spacial score (nSPS) is 18.4. The van der Waals surface area contributed by atoms with E-state index in [1.807, 2.05) is 0 Å². The Morgan fingerprint density at radius 2 is 1.90 bits per heavy atom. The van der Waals surface area contributed by atoms with Crippen LogP contribution in [0.4, 0.5) is 11.9 Å². The van der Waals surface area contributed by atoms with Crippen LogP contribution in [-0.2, 0) is 9.84 Å². The van der Waals surface area contributed by atoms with Crippen molar-refractivity contribution in [3.05, 3.63) is 12.7 Å². The molecule has 112 valence electrons. The molecule has 2 N–H and O–H groups in total. The number of nitrogens with zero attached hydrogens (tertiary/aromatic N) is 7. The fourth-order valence-electron chi connectivity index (χ4n) is 2.06. The van der Waals surface area contributed by atoms with Gasteiger partial charge in [0.25, 0.3) is 5.95 Å². The van der Waals surface area contributed by atoms with Gasteiger partial charge in [0.2, 0.25) is 11.9 Å². The van der Waals surface area contributed by atoms with Crippen LogP contribution in [0.1, 0.15) is 6.42 Å². The zero-order valence-electron chi connectivity index (χ0n) is 11.1. The molecule has 10 nitrogen and oxygen atoms in total. The van der Waals surface area contributed by atoms with E-state index in [4.69, 9.17) is 5.73 Å². The van der Waals surface area contributed by atoms with Crippen molar-refractivity contribution in [2.24, 2.45) is 0 Å². The molecule has 0 amide bonds. The standard InChI is InChI=1S/C10H14N8O2S/c11-8-14-9(16-10(15-8)18-7-12-6-13-18)17-2-1-4-21(19,20)5-3-17/h6-7H,1-5H2,(H2,11,14,15,16). The summed E-state index contributed by atoms with van der Waals surface area (Å²) in [6.07, 6.45) is 3.34. The van der Waals surface area contributed by atoms with Crippen LogP contribution in [0.3, 0.4) is 0 Å². The minimum atomic E-state index is -3.00. The van der Waals surface area contributed by atoms with Crippen molar-refractivity contribution in [3.8, 4) is 5.95 Å². The lowest BCUT2D eigenvalue weighted by Crippen LogP contribution is -2.29. The lowest BCUT2D eigenvalue weighted by atomic mass is 10.4. The molecule has 1 saturated heterocycles. The molecule has 0 aromatic carbocycles. The van der Waals surface area contributed by atoms with Crippen LogP contribution in [0, 0.1) is 0 Å². The Labute approximate surface area is 121 Å². The highest BCUT2D eigenvalue weighted by Gasteiger charge is 2.22. The Bertz CT molecular complexity index is 730. The Hall–Kier alpha value is -2.30. The molecule has 1 aliphatic heterocycles. The molecule has 1 fully saturated rings. The third-order valence-electron chi connectivity index (χ3n) is 3.09. The van der Waals surface area contributed by atoms with E-state index in [2.05, 4.69) is 25.0 Å². The molecule has 0 unspecified atom stereocenters. The molecular weight excluding hydrogens is 296 g/mol. The Balaban J connectivity index is 1.92. The van der Waals surface area contributed by atoms with E-state index in [0.717, 1.165) is 0 Å². The zero-order chi connectivity index (χ0) is 14.9. The predicted octanol–water partition coefficient (Wildman–Crippen LogP) is -1.34. The third kappa shape index (κ3) is 3.07. The zero-order valence-corrected chi connectivity index (χ0v) is 11.9. The molecule has 1 aliphatic rings. The largest absolute Gasteiger partial charge is 0.368 e. The molecule has 2 aromatic rings. The van der Waals surface area contributed by atoms with Gasteiger partial charge in [-0.2, -0.15) is 24.7 Å². The van der Waals surface area contributed by atoms with Gasteiger partial charge in [-0.1, -0.05) is 0 Å². The average Bonchev–Trinajstić information content (AvgIpc) is 2.89. The fourth-order valence-corrected chi connectivity index (χ4v) is 3.33. The van der Waals surface area contributed by atoms with Crippen LogP contribution >= 0.6 is 0 Å². The summed E-state index contributed by atoms with van der Waals surface area (Å²) in [6.45, 7) is 0.891. The number of aromatic nitrogens is 6. The monoisotopic (exact) mass is 310 g/mol. The van der Waals surface area contributed by atoms with E-state index < -0.39 is 9.84 Å². The van der Waals surface area contributed by atoms with Gasteiger partial charge in [0.05, 0.1) is 11.5 Å². The van der Waals surface area contributed by atoms with Gasteiger partial charge in [0, 0.05) is 13.1 Å².